The molecule has 0 radical (unpaired) electrons. The highest BCUT2D eigenvalue weighted by Crippen LogP contribution is 2.29. The van der Waals surface area contributed by atoms with Crippen LogP contribution in [0, 0.1) is 0 Å². The number of halogens is 3. The van der Waals surface area contributed by atoms with Gasteiger partial charge < -0.3 is 4.57 Å². The second-order valence-corrected chi connectivity index (χ2v) is 4.87. The standard InChI is InChI=1S/C15H15F3N2O/c1-20-8-7-19-14(20)6-5-13(21)10-11-3-2-4-12(9-11)15(16,17)18/h2-4,7-9H,5-6,10H2,1H3. The highest BCUT2D eigenvalue weighted by atomic mass is 19.4. The summed E-state index contributed by atoms with van der Waals surface area (Å²) in [5, 5.41) is 0. The predicted octanol–water partition coefficient (Wildman–Crippen LogP) is 3.18. The van der Waals surface area contributed by atoms with E-state index in [9.17, 15) is 18.0 Å². The molecular weight excluding hydrogens is 281 g/mol. The number of carbonyl (C=O) groups excluding carboxylic acids is 1. The van der Waals surface area contributed by atoms with Crippen molar-refractivity contribution >= 4 is 5.78 Å². The van der Waals surface area contributed by atoms with E-state index >= 15 is 0 Å². The Kier molecular flexibility index (Phi) is 4.45. The van der Waals surface area contributed by atoms with Crippen molar-refractivity contribution < 1.29 is 18.0 Å². The molecule has 0 aliphatic heterocycles. The predicted molar refractivity (Wildman–Crippen MR) is 71.7 cm³/mol. The van der Waals surface area contributed by atoms with E-state index in [1.54, 1.807) is 12.4 Å². The van der Waals surface area contributed by atoms with Crippen LogP contribution in [-0.2, 0) is 30.9 Å². The van der Waals surface area contributed by atoms with Gasteiger partial charge in [-0.2, -0.15) is 13.2 Å². The number of rotatable bonds is 5. The molecule has 21 heavy (non-hydrogen) atoms. The largest absolute Gasteiger partial charge is 0.416 e. The molecule has 0 atom stereocenters. The van der Waals surface area contributed by atoms with E-state index in [0.717, 1.165) is 18.0 Å². The molecule has 0 fully saturated rings. The Balaban J connectivity index is 1.95. The van der Waals surface area contributed by atoms with Crippen LogP contribution in [0.3, 0.4) is 0 Å². The fourth-order valence-corrected chi connectivity index (χ4v) is 2.06. The van der Waals surface area contributed by atoms with Crippen LogP contribution in [0.25, 0.3) is 0 Å². The molecule has 6 heteroatoms. The Morgan fingerprint density at radius 1 is 1.33 bits per heavy atom. The van der Waals surface area contributed by atoms with Gasteiger partial charge in [-0.3, -0.25) is 4.79 Å². The summed E-state index contributed by atoms with van der Waals surface area (Å²) < 4.78 is 39.6. The van der Waals surface area contributed by atoms with Gasteiger partial charge in [0.25, 0.3) is 0 Å². The van der Waals surface area contributed by atoms with Crippen molar-refractivity contribution in [3.05, 3.63) is 53.6 Å². The lowest BCUT2D eigenvalue weighted by Gasteiger charge is -2.08. The van der Waals surface area contributed by atoms with Crippen LogP contribution in [0.2, 0.25) is 0 Å². The van der Waals surface area contributed by atoms with Crippen LogP contribution >= 0.6 is 0 Å². The van der Waals surface area contributed by atoms with Gasteiger partial charge >= 0.3 is 6.18 Å². The maximum absolute atomic E-state index is 12.6. The summed E-state index contributed by atoms with van der Waals surface area (Å²) in [7, 11) is 1.83. The molecule has 2 aromatic rings. The lowest BCUT2D eigenvalue weighted by molar-refractivity contribution is -0.137. The van der Waals surface area contributed by atoms with Crippen molar-refractivity contribution in [3.8, 4) is 0 Å². The Morgan fingerprint density at radius 3 is 2.71 bits per heavy atom. The molecule has 2 rings (SSSR count). The number of alkyl halides is 3. The number of aryl methyl sites for hydroxylation is 2. The number of hydrogen-bond donors (Lipinski definition) is 0. The van der Waals surface area contributed by atoms with E-state index in [-0.39, 0.29) is 18.6 Å². The lowest BCUT2D eigenvalue weighted by atomic mass is 10.0. The van der Waals surface area contributed by atoms with E-state index in [0.29, 0.717) is 12.0 Å². The molecule has 0 saturated heterocycles. The third kappa shape index (κ3) is 4.18. The van der Waals surface area contributed by atoms with Crippen molar-refractivity contribution in [2.24, 2.45) is 7.05 Å². The van der Waals surface area contributed by atoms with E-state index < -0.39 is 11.7 Å². The second kappa shape index (κ2) is 6.11. The van der Waals surface area contributed by atoms with E-state index in [2.05, 4.69) is 4.98 Å². The van der Waals surface area contributed by atoms with Crippen LogP contribution in [0.4, 0.5) is 13.2 Å². The summed E-state index contributed by atoms with van der Waals surface area (Å²) in [6, 6.07) is 4.89. The van der Waals surface area contributed by atoms with Crippen molar-refractivity contribution in [1.82, 2.24) is 9.55 Å². The smallest absolute Gasteiger partial charge is 0.338 e. The molecule has 0 aliphatic rings. The first-order valence-electron chi connectivity index (χ1n) is 6.50. The molecule has 3 nitrogen and oxygen atoms in total. The average molecular weight is 296 g/mol. The molecule has 1 aromatic carbocycles. The van der Waals surface area contributed by atoms with Gasteiger partial charge in [-0.1, -0.05) is 18.2 Å². The number of nitrogens with zero attached hydrogens (tertiary/aromatic N) is 2. The number of benzene rings is 1. The molecule has 0 saturated carbocycles. The van der Waals surface area contributed by atoms with Crippen LogP contribution in [-0.4, -0.2) is 15.3 Å². The van der Waals surface area contributed by atoms with Gasteiger partial charge in [0.2, 0.25) is 0 Å². The molecule has 0 N–H and O–H groups in total. The van der Waals surface area contributed by atoms with Crippen molar-refractivity contribution in [1.29, 1.82) is 0 Å². The molecule has 1 aromatic heterocycles. The Labute approximate surface area is 120 Å². The molecule has 1 heterocycles. The fraction of sp³-hybridized carbons (Fsp3) is 0.333. The molecule has 0 aliphatic carbocycles. The number of carbonyl (C=O) groups is 1. The minimum absolute atomic E-state index is 0.00828. The summed E-state index contributed by atoms with van der Waals surface area (Å²) in [6.07, 6.45) is -0.192. The first kappa shape index (κ1) is 15.3. The number of aromatic nitrogens is 2. The van der Waals surface area contributed by atoms with Gasteiger partial charge in [0, 0.05) is 38.7 Å². The molecule has 0 bridgehead atoms. The maximum Gasteiger partial charge on any atom is 0.416 e. The Bertz CT molecular complexity index is 632. The Morgan fingerprint density at radius 2 is 2.10 bits per heavy atom. The van der Waals surface area contributed by atoms with Gasteiger partial charge in [0.15, 0.2) is 0 Å². The molecule has 112 valence electrons. The van der Waals surface area contributed by atoms with Crippen LogP contribution in [0.5, 0.6) is 0 Å². The average Bonchev–Trinajstić information content (AvgIpc) is 2.81. The lowest BCUT2D eigenvalue weighted by Crippen LogP contribution is -2.09. The van der Waals surface area contributed by atoms with Crippen molar-refractivity contribution in [2.45, 2.75) is 25.4 Å². The second-order valence-electron chi connectivity index (χ2n) is 4.87. The molecule has 0 unspecified atom stereocenters. The van der Waals surface area contributed by atoms with Gasteiger partial charge in [-0.05, 0) is 11.6 Å². The number of ketones is 1. The van der Waals surface area contributed by atoms with Crippen molar-refractivity contribution in [2.75, 3.05) is 0 Å². The normalized spacial score (nSPS) is 11.6. The van der Waals surface area contributed by atoms with E-state index in [1.165, 1.54) is 12.1 Å². The molecule has 0 spiro atoms. The first-order chi connectivity index (χ1) is 9.86. The summed E-state index contributed by atoms with van der Waals surface area (Å²) in [6.45, 7) is 0. The van der Waals surface area contributed by atoms with E-state index in [1.807, 2.05) is 11.6 Å². The maximum atomic E-state index is 12.6. The van der Waals surface area contributed by atoms with Gasteiger partial charge in [-0.15, -0.1) is 0 Å². The summed E-state index contributed by atoms with van der Waals surface area (Å²) in [4.78, 5) is 16.0. The molecular formula is C15H15F3N2O. The Hall–Kier alpha value is -2.11. The first-order valence-corrected chi connectivity index (χ1v) is 6.50. The third-order valence-electron chi connectivity index (χ3n) is 3.20. The van der Waals surface area contributed by atoms with Gasteiger partial charge in [0.1, 0.15) is 11.6 Å². The summed E-state index contributed by atoms with van der Waals surface area (Å²) in [5.41, 5.74) is -0.341. The number of imidazole rings is 1. The molecule has 0 amide bonds. The van der Waals surface area contributed by atoms with Crippen LogP contribution in [0.1, 0.15) is 23.4 Å². The third-order valence-corrected chi connectivity index (χ3v) is 3.20. The van der Waals surface area contributed by atoms with Gasteiger partial charge in [0.05, 0.1) is 5.56 Å². The minimum Gasteiger partial charge on any atom is -0.338 e. The highest BCUT2D eigenvalue weighted by Gasteiger charge is 2.30. The zero-order chi connectivity index (χ0) is 15.5. The van der Waals surface area contributed by atoms with E-state index in [4.69, 9.17) is 0 Å². The fourth-order valence-electron chi connectivity index (χ4n) is 2.06. The van der Waals surface area contributed by atoms with Crippen LogP contribution < -0.4 is 0 Å². The minimum atomic E-state index is -4.38. The topological polar surface area (TPSA) is 34.9 Å². The van der Waals surface area contributed by atoms with Crippen molar-refractivity contribution in [3.63, 3.8) is 0 Å². The van der Waals surface area contributed by atoms with Gasteiger partial charge in [-0.25, -0.2) is 4.98 Å². The summed E-state index contributed by atoms with van der Waals surface area (Å²) in [5.74, 6) is 0.685. The zero-order valence-corrected chi connectivity index (χ0v) is 11.5. The quantitative estimate of drug-likeness (QED) is 0.849. The monoisotopic (exact) mass is 296 g/mol. The van der Waals surface area contributed by atoms with Crippen LogP contribution in [0.15, 0.2) is 36.7 Å². The highest BCUT2D eigenvalue weighted by molar-refractivity contribution is 5.81. The number of hydrogen-bond acceptors (Lipinski definition) is 2. The SMILES string of the molecule is Cn1ccnc1CCC(=O)Cc1cccc(C(F)(F)F)c1. The number of Topliss-reactive ketones (excluding diaryl/α,β-unsaturated/α-hetero) is 1. The summed E-state index contributed by atoms with van der Waals surface area (Å²) >= 11 is 0. The zero-order valence-electron chi connectivity index (χ0n) is 11.5.